The summed E-state index contributed by atoms with van der Waals surface area (Å²) >= 11 is 8.73. The lowest BCUT2D eigenvalue weighted by Gasteiger charge is -2.32. The van der Waals surface area contributed by atoms with Gasteiger partial charge in [-0.2, -0.15) is 0 Å². The number of hydrogen-bond donors (Lipinski definition) is 1. The standard InChI is InChI=1S/C24H30ClNO3S2/c1-5-30-21(27)15-16(3)22(24(28)31-6-2)23(17-7-9-18(25)10-8-17)26-19-11-13-20(29-4)14-12-19/h7-14,16,22-23,26H,5-6,15H2,1-4H3/t16-,22-,23+/m0/s1. The minimum absolute atomic E-state index is 0.0882. The van der Waals surface area contributed by atoms with E-state index in [1.165, 1.54) is 23.5 Å². The van der Waals surface area contributed by atoms with Crippen LogP contribution in [0.2, 0.25) is 5.02 Å². The van der Waals surface area contributed by atoms with E-state index in [1.54, 1.807) is 7.11 Å². The SMILES string of the molecule is CCSC(=O)C[C@H](C)[C@H](C(=O)SCC)[C@H](Nc1ccc(OC)cc1)c1ccc(Cl)cc1. The zero-order chi connectivity index (χ0) is 22.8. The zero-order valence-electron chi connectivity index (χ0n) is 18.4. The molecule has 0 aromatic heterocycles. The van der Waals surface area contributed by atoms with Crippen molar-refractivity contribution in [1.82, 2.24) is 0 Å². The van der Waals surface area contributed by atoms with Crippen molar-refractivity contribution in [2.75, 3.05) is 23.9 Å². The number of carbonyl (C=O) groups is 2. The van der Waals surface area contributed by atoms with Crippen LogP contribution in [0.3, 0.4) is 0 Å². The Hall–Kier alpha value is -1.63. The van der Waals surface area contributed by atoms with E-state index in [0.29, 0.717) is 17.2 Å². The third-order valence-corrected chi connectivity index (χ3v) is 6.84. The predicted molar refractivity (Wildman–Crippen MR) is 134 cm³/mol. The molecular formula is C24H30ClNO3S2. The molecule has 0 amide bonds. The van der Waals surface area contributed by atoms with Gasteiger partial charge in [-0.3, -0.25) is 9.59 Å². The minimum atomic E-state index is -0.380. The second-order valence-corrected chi connectivity index (χ2v) is 10.2. The average Bonchev–Trinajstić information content (AvgIpc) is 2.74. The van der Waals surface area contributed by atoms with Crippen LogP contribution in [-0.4, -0.2) is 28.8 Å². The van der Waals surface area contributed by atoms with Crippen LogP contribution in [0.1, 0.15) is 38.8 Å². The Labute approximate surface area is 198 Å². The van der Waals surface area contributed by atoms with Crippen molar-refractivity contribution in [1.29, 1.82) is 0 Å². The number of methoxy groups -OCH3 is 1. The number of nitrogens with one attached hydrogen (secondary N) is 1. The summed E-state index contributed by atoms with van der Waals surface area (Å²) in [6.45, 7) is 5.92. The van der Waals surface area contributed by atoms with Crippen LogP contribution in [0.15, 0.2) is 48.5 Å². The van der Waals surface area contributed by atoms with E-state index in [4.69, 9.17) is 16.3 Å². The first-order valence-corrected chi connectivity index (χ1v) is 12.7. The summed E-state index contributed by atoms with van der Waals surface area (Å²) in [7, 11) is 1.63. The van der Waals surface area contributed by atoms with Gasteiger partial charge < -0.3 is 10.1 Å². The van der Waals surface area contributed by atoms with E-state index >= 15 is 0 Å². The van der Waals surface area contributed by atoms with Gasteiger partial charge in [0, 0.05) is 17.1 Å². The molecule has 0 aliphatic heterocycles. The Morgan fingerprint density at radius 3 is 2.16 bits per heavy atom. The predicted octanol–water partition coefficient (Wildman–Crippen LogP) is 6.70. The number of carbonyl (C=O) groups excluding carboxylic acids is 2. The minimum Gasteiger partial charge on any atom is -0.497 e. The summed E-state index contributed by atoms with van der Waals surface area (Å²) < 4.78 is 5.25. The number of rotatable bonds is 11. The van der Waals surface area contributed by atoms with Crippen molar-refractivity contribution in [3.05, 3.63) is 59.1 Å². The Morgan fingerprint density at radius 2 is 1.61 bits per heavy atom. The van der Waals surface area contributed by atoms with Gasteiger partial charge in [-0.1, -0.05) is 68.0 Å². The fourth-order valence-corrected chi connectivity index (χ4v) is 5.14. The molecule has 0 aliphatic carbocycles. The summed E-state index contributed by atoms with van der Waals surface area (Å²) in [4.78, 5) is 25.6. The van der Waals surface area contributed by atoms with Gasteiger partial charge in [-0.05, 0) is 59.4 Å². The number of ether oxygens (including phenoxy) is 1. The van der Waals surface area contributed by atoms with Crippen molar-refractivity contribution < 1.29 is 14.3 Å². The van der Waals surface area contributed by atoms with E-state index in [1.807, 2.05) is 69.3 Å². The molecule has 0 fully saturated rings. The summed E-state index contributed by atoms with van der Waals surface area (Å²) in [5, 5.41) is 4.39. The van der Waals surface area contributed by atoms with Crippen molar-refractivity contribution in [2.45, 2.75) is 33.2 Å². The molecule has 0 bridgehead atoms. The molecule has 0 aliphatic rings. The number of anilines is 1. The largest absolute Gasteiger partial charge is 0.497 e. The van der Waals surface area contributed by atoms with E-state index in [2.05, 4.69) is 5.32 Å². The van der Waals surface area contributed by atoms with E-state index in [9.17, 15) is 9.59 Å². The van der Waals surface area contributed by atoms with Gasteiger partial charge in [-0.25, -0.2) is 0 Å². The molecule has 7 heteroatoms. The summed E-state index contributed by atoms with van der Waals surface area (Å²) in [5.41, 5.74) is 1.83. The lowest BCUT2D eigenvalue weighted by molar-refractivity contribution is -0.117. The summed E-state index contributed by atoms with van der Waals surface area (Å²) in [5.74, 6) is 1.69. The van der Waals surface area contributed by atoms with Crippen LogP contribution < -0.4 is 10.1 Å². The molecule has 1 N–H and O–H groups in total. The molecule has 0 saturated heterocycles. The Kier molecular flexibility index (Phi) is 10.8. The lowest BCUT2D eigenvalue weighted by Crippen LogP contribution is -2.32. The molecule has 31 heavy (non-hydrogen) atoms. The Balaban J connectivity index is 2.43. The van der Waals surface area contributed by atoms with E-state index in [-0.39, 0.29) is 28.1 Å². The molecule has 0 saturated carbocycles. The molecule has 2 aromatic rings. The monoisotopic (exact) mass is 479 g/mol. The molecule has 168 valence electrons. The number of hydrogen-bond acceptors (Lipinski definition) is 6. The molecule has 2 rings (SSSR count). The maximum Gasteiger partial charge on any atom is 0.194 e. The van der Waals surface area contributed by atoms with Gasteiger partial charge in [0.25, 0.3) is 0 Å². The molecule has 0 unspecified atom stereocenters. The highest BCUT2D eigenvalue weighted by Gasteiger charge is 2.35. The number of benzene rings is 2. The highest BCUT2D eigenvalue weighted by atomic mass is 35.5. The third-order valence-electron chi connectivity index (χ3n) is 4.97. The molecule has 0 heterocycles. The lowest BCUT2D eigenvalue weighted by atomic mass is 9.82. The van der Waals surface area contributed by atoms with Crippen molar-refractivity contribution in [3.8, 4) is 5.75 Å². The normalized spacial score (nSPS) is 13.8. The van der Waals surface area contributed by atoms with Crippen LogP contribution in [0, 0.1) is 11.8 Å². The van der Waals surface area contributed by atoms with E-state index in [0.717, 1.165) is 22.8 Å². The van der Waals surface area contributed by atoms with Crippen molar-refractivity contribution in [2.24, 2.45) is 11.8 Å². The van der Waals surface area contributed by atoms with E-state index < -0.39 is 0 Å². The first kappa shape index (κ1) is 25.6. The number of halogens is 1. The Morgan fingerprint density at radius 1 is 1.00 bits per heavy atom. The Bertz CT molecular complexity index is 843. The first-order valence-electron chi connectivity index (χ1n) is 10.4. The highest BCUT2D eigenvalue weighted by Crippen LogP contribution is 2.38. The van der Waals surface area contributed by atoms with Gasteiger partial charge >= 0.3 is 0 Å². The van der Waals surface area contributed by atoms with Crippen LogP contribution >= 0.6 is 35.1 Å². The average molecular weight is 480 g/mol. The fraction of sp³-hybridized carbons (Fsp3) is 0.417. The zero-order valence-corrected chi connectivity index (χ0v) is 20.8. The van der Waals surface area contributed by atoms with Crippen LogP contribution in [0.25, 0.3) is 0 Å². The van der Waals surface area contributed by atoms with Gasteiger partial charge in [0.2, 0.25) is 0 Å². The van der Waals surface area contributed by atoms with Gasteiger partial charge in [0.15, 0.2) is 10.2 Å². The highest BCUT2D eigenvalue weighted by molar-refractivity contribution is 8.13. The van der Waals surface area contributed by atoms with Gasteiger partial charge in [-0.15, -0.1) is 0 Å². The molecule has 2 aromatic carbocycles. The van der Waals surface area contributed by atoms with Crippen LogP contribution in [-0.2, 0) is 9.59 Å². The third kappa shape index (κ3) is 7.78. The second kappa shape index (κ2) is 13.0. The second-order valence-electron chi connectivity index (χ2n) is 7.17. The van der Waals surface area contributed by atoms with Gasteiger partial charge in [0.1, 0.15) is 5.75 Å². The maximum absolute atomic E-state index is 13.3. The fourth-order valence-electron chi connectivity index (χ4n) is 3.46. The molecule has 0 spiro atoms. The van der Waals surface area contributed by atoms with Crippen molar-refractivity contribution in [3.63, 3.8) is 0 Å². The smallest absolute Gasteiger partial charge is 0.194 e. The van der Waals surface area contributed by atoms with Crippen LogP contribution in [0.5, 0.6) is 5.75 Å². The number of thioether (sulfide) groups is 2. The quantitative estimate of drug-likeness (QED) is 0.386. The topological polar surface area (TPSA) is 55.4 Å². The molecular weight excluding hydrogens is 450 g/mol. The molecule has 0 radical (unpaired) electrons. The maximum atomic E-state index is 13.3. The van der Waals surface area contributed by atoms with Gasteiger partial charge in [0.05, 0.1) is 19.1 Å². The summed E-state index contributed by atoms with van der Waals surface area (Å²) in [6, 6.07) is 14.9. The van der Waals surface area contributed by atoms with Crippen LogP contribution in [0.4, 0.5) is 5.69 Å². The van der Waals surface area contributed by atoms with Crippen molar-refractivity contribution >= 4 is 51.0 Å². The molecule has 3 atom stereocenters. The first-order chi connectivity index (χ1) is 14.9. The summed E-state index contributed by atoms with van der Waals surface area (Å²) in [6.07, 6.45) is 0.355. The molecule has 4 nitrogen and oxygen atoms in total.